The van der Waals surface area contributed by atoms with Crippen molar-refractivity contribution in [2.75, 3.05) is 37.7 Å². The van der Waals surface area contributed by atoms with Crippen molar-refractivity contribution in [3.63, 3.8) is 0 Å². The lowest BCUT2D eigenvalue weighted by Crippen LogP contribution is -2.51. The molecule has 3 aliphatic rings. The smallest absolute Gasteiger partial charge is 0.319 e. The van der Waals surface area contributed by atoms with Crippen LogP contribution in [0.4, 0.5) is 14.6 Å². The fraction of sp³-hybridized carbons (Fsp3) is 0.382. The van der Waals surface area contributed by atoms with Crippen molar-refractivity contribution in [2.24, 2.45) is 0 Å². The number of aromatic hydroxyl groups is 1. The third-order valence-electron chi connectivity index (χ3n) is 9.16. The van der Waals surface area contributed by atoms with Gasteiger partial charge in [0.15, 0.2) is 5.82 Å². The van der Waals surface area contributed by atoms with E-state index in [4.69, 9.17) is 22.6 Å². The summed E-state index contributed by atoms with van der Waals surface area (Å²) in [5, 5.41) is 15.2. The molecule has 224 valence electrons. The van der Waals surface area contributed by atoms with Crippen LogP contribution in [0.5, 0.6) is 11.8 Å². The lowest BCUT2D eigenvalue weighted by atomic mass is 9.95. The topological polar surface area (TPSA) is 86.6 Å². The zero-order valence-corrected chi connectivity index (χ0v) is 24.4. The standard InChI is InChI=1S/C34H32F2N6O2/c1-4-24-26(35)12-9-19-14-23(43)15-25(28(19)24)31-30(36)32-29(27(5-2)38-31)33(42-16-20-10-11-21(17-42)37-20)40-34(39-32)44-18-22-8-7-13-41(22)6-3/h1-2,9,12,14-15,20-22,37,43H,6-8,10-11,13,16-18H2,3H3/t20-,21+,22-/m0/s1. The van der Waals surface area contributed by atoms with Crippen LogP contribution in [-0.2, 0) is 0 Å². The minimum Gasteiger partial charge on any atom is -0.508 e. The lowest BCUT2D eigenvalue weighted by Gasteiger charge is -2.34. The summed E-state index contributed by atoms with van der Waals surface area (Å²) in [4.78, 5) is 18.4. The zero-order chi connectivity index (χ0) is 30.5. The molecule has 3 saturated heterocycles. The van der Waals surface area contributed by atoms with Crippen molar-refractivity contribution in [3.8, 4) is 47.7 Å². The van der Waals surface area contributed by atoms with Gasteiger partial charge in [-0.05, 0) is 68.3 Å². The third kappa shape index (κ3) is 4.75. The Bertz CT molecular complexity index is 1870. The van der Waals surface area contributed by atoms with Gasteiger partial charge in [0.1, 0.15) is 40.9 Å². The first-order valence-electron chi connectivity index (χ1n) is 15.1. The average Bonchev–Trinajstić information content (AvgIpc) is 3.64. The van der Waals surface area contributed by atoms with Gasteiger partial charge in [0.2, 0.25) is 0 Å². The fourth-order valence-corrected chi connectivity index (χ4v) is 7.10. The molecule has 0 aliphatic carbocycles. The lowest BCUT2D eigenvalue weighted by molar-refractivity contribution is 0.170. The molecule has 44 heavy (non-hydrogen) atoms. The number of likely N-dealkylation sites (N-methyl/N-ethyl adjacent to an activating group) is 1. The van der Waals surface area contributed by atoms with Crippen LogP contribution in [0.2, 0.25) is 0 Å². The summed E-state index contributed by atoms with van der Waals surface area (Å²) >= 11 is 0. The van der Waals surface area contributed by atoms with Gasteiger partial charge < -0.3 is 20.1 Å². The maximum absolute atomic E-state index is 16.9. The second-order valence-electron chi connectivity index (χ2n) is 11.8. The summed E-state index contributed by atoms with van der Waals surface area (Å²) in [5.41, 5.74) is -0.0791. The third-order valence-corrected chi connectivity index (χ3v) is 9.16. The van der Waals surface area contributed by atoms with E-state index in [1.54, 1.807) is 0 Å². The van der Waals surface area contributed by atoms with Crippen LogP contribution in [0.1, 0.15) is 43.9 Å². The number of fused-ring (bicyclic) bond motifs is 4. The highest BCUT2D eigenvalue weighted by Crippen LogP contribution is 2.40. The molecule has 2 bridgehead atoms. The predicted molar refractivity (Wildman–Crippen MR) is 166 cm³/mol. The molecule has 7 rings (SSSR count). The molecule has 0 saturated carbocycles. The number of hydrogen-bond donors (Lipinski definition) is 2. The van der Waals surface area contributed by atoms with Crippen LogP contribution in [0, 0.1) is 36.3 Å². The Kier molecular flexibility index (Phi) is 7.20. The number of rotatable bonds is 6. The normalized spacial score (nSPS) is 21.6. The number of likely N-dealkylation sites (tertiary alicyclic amines) is 1. The summed E-state index contributed by atoms with van der Waals surface area (Å²) in [7, 11) is 0. The van der Waals surface area contributed by atoms with Crippen molar-refractivity contribution in [1.82, 2.24) is 25.2 Å². The van der Waals surface area contributed by atoms with Crippen LogP contribution in [0.25, 0.3) is 32.9 Å². The number of benzene rings is 2. The van der Waals surface area contributed by atoms with Crippen LogP contribution in [-0.4, -0.2) is 75.9 Å². The molecule has 3 aliphatic heterocycles. The van der Waals surface area contributed by atoms with E-state index in [0.29, 0.717) is 36.3 Å². The Labute approximate surface area is 254 Å². The van der Waals surface area contributed by atoms with Gasteiger partial charge in [0.05, 0.1) is 10.9 Å². The SMILES string of the molecule is C#Cc1c(F)ccc2cc(O)cc(-c3nc(C#C)c4c(N5C[C@H]6CC[C@@H](C5)N6)nc(OC[C@@H]5CCCN5CC)nc4c3F)c12. The van der Waals surface area contributed by atoms with E-state index in [1.807, 2.05) is 0 Å². The number of phenolic OH excluding ortho intramolecular Hbond substituents is 1. The largest absolute Gasteiger partial charge is 0.508 e. The molecule has 0 amide bonds. The maximum Gasteiger partial charge on any atom is 0.319 e. The van der Waals surface area contributed by atoms with Gasteiger partial charge in [-0.2, -0.15) is 9.97 Å². The quantitative estimate of drug-likeness (QED) is 0.314. The molecule has 2 aromatic carbocycles. The number of phenols is 1. The van der Waals surface area contributed by atoms with Gasteiger partial charge in [-0.15, -0.1) is 12.8 Å². The van der Waals surface area contributed by atoms with E-state index < -0.39 is 11.6 Å². The fourth-order valence-electron chi connectivity index (χ4n) is 7.10. The Balaban J connectivity index is 1.44. The Morgan fingerprint density at radius 2 is 1.84 bits per heavy atom. The number of piperazine rings is 1. The Hall–Kier alpha value is -4.51. The molecule has 0 unspecified atom stereocenters. The second-order valence-corrected chi connectivity index (χ2v) is 11.8. The molecule has 8 nitrogen and oxygen atoms in total. The molecular weight excluding hydrogens is 562 g/mol. The van der Waals surface area contributed by atoms with Crippen molar-refractivity contribution >= 4 is 27.5 Å². The first-order chi connectivity index (χ1) is 21.4. The number of anilines is 1. The molecule has 10 heteroatoms. The van der Waals surface area contributed by atoms with Crippen LogP contribution in [0.15, 0.2) is 24.3 Å². The van der Waals surface area contributed by atoms with E-state index in [0.717, 1.165) is 38.8 Å². The predicted octanol–water partition coefficient (Wildman–Crippen LogP) is 4.60. The Morgan fingerprint density at radius 3 is 2.57 bits per heavy atom. The number of ether oxygens (including phenoxy) is 1. The number of aromatic nitrogens is 3. The van der Waals surface area contributed by atoms with Gasteiger partial charge in [-0.3, -0.25) is 4.90 Å². The van der Waals surface area contributed by atoms with E-state index in [2.05, 4.69) is 43.8 Å². The number of nitrogens with one attached hydrogen (secondary N) is 1. The molecule has 5 heterocycles. The molecule has 3 fully saturated rings. The number of nitrogens with zero attached hydrogens (tertiary/aromatic N) is 5. The van der Waals surface area contributed by atoms with E-state index in [-0.39, 0.29) is 63.3 Å². The minimum atomic E-state index is -0.791. The van der Waals surface area contributed by atoms with E-state index in [1.165, 1.54) is 24.3 Å². The zero-order valence-electron chi connectivity index (χ0n) is 24.4. The van der Waals surface area contributed by atoms with Gasteiger partial charge in [-0.1, -0.05) is 18.9 Å². The van der Waals surface area contributed by atoms with Crippen LogP contribution >= 0.6 is 0 Å². The summed E-state index contributed by atoms with van der Waals surface area (Å²) in [6.45, 7) is 5.75. The van der Waals surface area contributed by atoms with Crippen LogP contribution < -0.4 is 15.0 Å². The van der Waals surface area contributed by atoms with Crippen molar-refractivity contribution in [3.05, 3.63) is 47.2 Å². The number of halogens is 2. The molecule has 2 aromatic heterocycles. The molecule has 3 atom stereocenters. The monoisotopic (exact) mass is 594 g/mol. The molecule has 0 radical (unpaired) electrons. The summed E-state index contributed by atoms with van der Waals surface area (Å²) < 4.78 is 37.9. The van der Waals surface area contributed by atoms with E-state index in [9.17, 15) is 9.50 Å². The van der Waals surface area contributed by atoms with Crippen molar-refractivity contribution < 1.29 is 18.6 Å². The number of hydrogen-bond acceptors (Lipinski definition) is 8. The van der Waals surface area contributed by atoms with E-state index >= 15 is 4.39 Å². The number of terminal acetylenes is 2. The highest BCUT2D eigenvalue weighted by atomic mass is 19.1. The molecular formula is C34H32F2N6O2. The highest BCUT2D eigenvalue weighted by Gasteiger charge is 2.35. The molecule has 2 N–H and O–H groups in total. The molecule has 4 aromatic rings. The minimum absolute atomic E-state index is 0.0523. The Morgan fingerprint density at radius 1 is 1.05 bits per heavy atom. The summed E-state index contributed by atoms with van der Waals surface area (Å²) in [6.07, 6.45) is 15.9. The first kappa shape index (κ1) is 28.3. The highest BCUT2D eigenvalue weighted by molar-refractivity contribution is 6.04. The van der Waals surface area contributed by atoms with Crippen LogP contribution in [0.3, 0.4) is 0 Å². The second kappa shape index (κ2) is 11.2. The maximum atomic E-state index is 16.9. The van der Waals surface area contributed by atoms with Gasteiger partial charge in [0, 0.05) is 42.2 Å². The summed E-state index contributed by atoms with van der Waals surface area (Å²) in [6, 6.07) is 6.27. The average molecular weight is 595 g/mol. The van der Waals surface area contributed by atoms with Gasteiger partial charge >= 0.3 is 6.01 Å². The van der Waals surface area contributed by atoms with Crippen molar-refractivity contribution in [1.29, 1.82) is 0 Å². The molecule has 0 spiro atoms. The van der Waals surface area contributed by atoms with Gasteiger partial charge in [0.25, 0.3) is 0 Å². The number of pyridine rings is 1. The van der Waals surface area contributed by atoms with Gasteiger partial charge in [-0.25, -0.2) is 13.8 Å². The van der Waals surface area contributed by atoms with Crippen molar-refractivity contribution in [2.45, 2.75) is 50.7 Å². The summed E-state index contributed by atoms with van der Waals surface area (Å²) in [5.74, 6) is 3.86. The first-order valence-corrected chi connectivity index (χ1v) is 15.1.